The third-order valence-electron chi connectivity index (χ3n) is 2.48. The zero-order valence-corrected chi connectivity index (χ0v) is 16.1. The van der Waals surface area contributed by atoms with Crippen LogP contribution in [0.1, 0.15) is 23.7 Å². The molecule has 23 heavy (non-hydrogen) atoms. The number of hydrogen-bond acceptors (Lipinski definition) is 6. The van der Waals surface area contributed by atoms with E-state index >= 15 is 0 Å². The van der Waals surface area contributed by atoms with Crippen molar-refractivity contribution in [2.45, 2.75) is 32.3 Å². The number of pyridine rings is 1. The van der Waals surface area contributed by atoms with E-state index in [-0.39, 0.29) is 29.9 Å². The molecule has 0 aliphatic rings. The topological polar surface area (TPSA) is 131 Å². The van der Waals surface area contributed by atoms with Crippen LogP contribution in [0.25, 0.3) is 0 Å². The Morgan fingerprint density at radius 1 is 1.48 bits per heavy atom. The Labute approximate surface area is 150 Å². The molecule has 1 heterocycles. The van der Waals surface area contributed by atoms with Gasteiger partial charge in [-0.3, -0.25) is 0 Å². The molecule has 0 fully saturated rings. The Kier molecular flexibility index (Phi) is 15.2. The second-order valence-corrected chi connectivity index (χ2v) is 4.65. The van der Waals surface area contributed by atoms with Crippen LogP contribution in [0.15, 0.2) is 6.20 Å². The monoisotopic (exact) mass is 411 g/mol. The van der Waals surface area contributed by atoms with Crippen molar-refractivity contribution in [3.63, 3.8) is 0 Å². The van der Waals surface area contributed by atoms with Gasteiger partial charge in [0.2, 0.25) is 0 Å². The molecule has 0 atom stereocenters. The van der Waals surface area contributed by atoms with Gasteiger partial charge in [0, 0.05) is 0 Å². The van der Waals surface area contributed by atoms with Gasteiger partial charge in [-0.1, -0.05) is 6.92 Å². The van der Waals surface area contributed by atoms with E-state index < -0.39 is 5.97 Å². The molecule has 0 saturated carbocycles. The van der Waals surface area contributed by atoms with Crippen molar-refractivity contribution in [2.75, 3.05) is 12.8 Å². The van der Waals surface area contributed by atoms with Gasteiger partial charge in [0.15, 0.2) is 0 Å². The van der Waals surface area contributed by atoms with Crippen molar-refractivity contribution in [3.05, 3.63) is 23.0 Å². The number of rotatable bonds is 5. The van der Waals surface area contributed by atoms with E-state index in [1.807, 2.05) is 6.92 Å². The van der Waals surface area contributed by atoms with Crippen LogP contribution in [-0.4, -0.2) is 60.8 Å². The van der Waals surface area contributed by atoms with E-state index in [1.54, 1.807) is 13.2 Å². The fourth-order valence-corrected chi connectivity index (χ4v) is 1.87. The first-order valence-corrected chi connectivity index (χ1v) is 8.86. The maximum absolute atomic E-state index is 10.8. The number of nitrogens with one attached hydrogen (secondary N) is 1. The first-order chi connectivity index (χ1) is 10.9. The fourth-order valence-electron chi connectivity index (χ4n) is 1.40. The summed E-state index contributed by atoms with van der Waals surface area (Å²) in [6.07, 6.45) is 3.16. The second kappa shape index (κ2) is 14.5. The van der Waals surface area contributed by atoms with E-state index in [4.69, 9.17) is 15.9 Å². The van der Waals surface area contributed by atoms with Crippen LogP contribution in [0.3, 0.4) is 0 Å². The van der Waals surface area contributed by atoms with E-state index in [2.05, 4.69) is 38.6 Å². The number of aliphatic hydroxyl groups excluding tert-OH is 1. The molecule has 0 unspecified atom stereocenters. The molecule has 0 saturated heterocycles. The molecule has 0 aromatic carbocycles. The number of carboxylic acid groups (broad SMARTS) is 1. The Hall–Kier alpha value is -1.12. The molecule has 131 valence electrons. The molecule has 7 nitrogen and oxygen atoms in total. The summed E-state index contributed by atoms with van der Waals surface area (Å²) in [5, 5.41) is 28.1. The molecule has 1 rings (SSSR count). The summed E-state index contributed by atoms with van der Waals surface area (Å²) in [4.78, 5) is 17.5. The molecule has 0 aliphatic heterocycles. The molecule has 0 amide bonds. The molecule has 1 radical (unpaired) electrons. The summed E-state index contributed by atoms with van der Waals surface area (Å²) in [6, 6.07) is 0. The Bertz CT molecular complexity index is 513. The van der Waals surface area contributed by atoms with Gasteiger partial charge < -0.3 is 5.73 Å². The van der Waals surface area contributed by atoms with Gasteiger partial charge in [-0.05, 0) is 12.8 Å². The Morgan fingerprint density at radius 2 is 2.00 bits per heavy atom. The van der Waals surface area contributed by atoms with E-state index in [0.29, 0.717) is 16.8 Å². The number of nitrogens with two attached hydrogens (primary N) is 1. The number of aryl methyl sites for hydroxylation is 1. The third-order valence-corrected chi connectivity index (χ3v) is 3.09. The van der Waals surface area contributed by atoms with Crippen molar-refractivity contribution in [2.24, 2.45) is 5.73 Å². The van der Waals surface area contributed by atoms with Crippen molar-refractivity contribution in [3.8, 4) is 5.75 Å². The first kappa shape index (κ1) is 24.1. The number of carbonyl (C=O) groups is 1. The van der Waals surface area contributed by atoms with Crippen LogP contribution >= 0.6 is 12.6 Å². The minimum atomic E-state index is -1.05. The maximum atomic E-state index is 10.8. The van der Waals surface area contributed by atoms with Gasteiger partial charge in [-0.2, -0.15) is 12.6 Å². The molecule has 1 aromatic rings. The van der Waals surface area contributed by atoms with Crippen LogP contribution in [0.5, 0.6) is 5.75 Å². The zero-order valence-electron chi connectivity index (χ0n) is 13.5. The zero-order chi connectivity index (χ0) is 18.4. The Balaban J connectivity index is 0. The van der Waals surface area contributed by atoms with E-state index in [1.165, 1.54) is 6.20 Å². The molecule has 9 heteroatoms. The number of aromatic nitrogens is 1. The van der Waals surface area contributed by atoms with Gasteiger partial charge in [-0.25, -0.2) is 0 Å². The van der Waals surface area contributed by atoms with Gasteiger partial charge in [0.25, 0.3) is 0 Å². The second-order valence-electron chi connectivity index (χ2n) is 4.04. The van der Waals surface area contributed by atoms with E-state index in [9.17, 15) is 9.90 Å². The fraction of sp³-hybridized carbons (Fsp3) is 0.500. The molecular weight excluding hydrogens is 385 g/mol. The van der Waals surface area contributed by atoms with Gasteiger partial charge in [0.1, 0.15) is 0 Å². The van der Waals surface area contributed by atoms with Crippen LogP contribution in [0.4, 0.5) is 0 Å². The molecule has 1 aromatic heterocycles. The summed E-state index contributed by atoms with van der Waals surface area (Å²) >= 11 is 6.14. The van der Waals surface area contributed by atoms with Gasteiger partial charge in [-0.15, -0.1) is 0 Å². The number of hydrogen-bond donors (Lipinski definition) is 6. The summed E-state index contributed by atoms with van der Waals surface area (Å²) < 4.78 is 0. The predicted molar refractivity (Wildman–Crippen MR) is 94.1 cm³/mol. The van der Waals surface area contributed by atoms with Gasteiger partial charge in [0.05, 0.1) is 0 Å². The molecule has 0 spiro atoms. The molecule has 6 N–H and O–H groups in total. The summed E-state index contributed by atoms with van der Waals surface area (Å²) in [5.74, 6) is -1.08. The van der Waals surface area contributed by atoms with Crippen LogP contribution in [0, 0.1) is 6.92 Å². The van der Waals surface area contributed by atoms with E-state index in [0.717, 1.165) is 6.54 Å². The first-order valence-electron chi connectivity index (χ1n) is 6.75. The number of aliphatic hydroxyl groups is 1. The summed E-state index contributed by atoms with van der Waals surface area (Å²) in [5.41, 5.74) is 6.31. The van der Waals surface area contributed by atoms with Crippen LogP contribution in [0.2, 0.25) is 5.32 Å². The van der Waals surface area contributed by atoms with Crippen molar-refractivity contribution >= 4 is 40.3 Å². The normalized spacial score (nSPS) is 10.1. The predicted octanol–water partition coefficient (Wildman–Crippen LogP) is -1.21. The SMILES string of the molecule is CCN.CS.Cc1ncc(CO)c(C[NH+]=C(C[Se])C(=O)O)c1O. The standard InChI is InChI=1S/C11H13N2O4Se.C2H7N.CH4S/c1-6-10(15)8(7(4-14)2-12-6)3-13-9(5-18)11(16)17;1-2-3;1-2/h2,14-15H,3-5H2,1H3,(H,16,17);2-3H2,1H3;2H,1H3/p+1. The average molecular weight is 410 g/mol. The van der Waals surface area contributed by atoms with Crippen molar-refractivity contribution in [1.82, 2.24) is 4.98 Å². The Morgan fingerprint density at radius 3 is 2.39 bits per heavy atom. The summed E-state index contributed by atoms with van der Waals surface area (Å²) in [7, 11) is 0. The average Bonchev–Trinajstić information content (AvgIpc) is 2.54. The van der Waals surface area contributed by atoms with Gasteiger partial charge >= 0.3 is 112 Å². The van der Waals surface area contributed by atoms with Crippen molar-refractivity contribution < 1.29 is 25.1 Å². The van der Waals surface area contributed by atoms with Crippen LogP contribution in [-0.2, 0) is 17.9 Å². The minimum absolute atomic E-state index is 0.0288. The van der Waals surface area contributed by atoms with Crippen molar-refractivity contribution in [1.29, 1.82) is 0 Å². The molecule has 0 aliphatic carbocycles. The number of nitrogens with zero attached hydrogens (tertiary/aromatic N) is 1. The summed E-state index contributed by atoms with van der Waals surface area (Å²) in [6.45, 7) is 4.14. The molecule has 0 bridgehead atoms. The number of thiol groups is 1. The molecular formula is C14H25N3O4SSe+. The number of aromatic hydroxyl groups is 1. The third kappa shape index (κ3) is 8.92. The van der Waals surface area contributed by atoms with Crippen LogP contribution < -0.4 is 10.7 Å². The quantitative estimate of drug-likeness (QED) is 0.205. The number of carboxylic acids is 1. The number of aliphatic carboxylic acids is 1.